The van der Waals surface area contributed by atoms with E-state index in [0.717, 1.165) is 34.4 Å². The highest BCUT2D eigenvalue weighted by molar-refractivity contribution is 5.88. The van der Waals surface area contributed by atoms with Crippen molar-refractivity contribution in [2.24, 2.45) is 0 Å². The summed E-state index contributed by atoms with van der Waals surface area (Å²) < 4.78 is 10.9. The quantitative estimate of drug-likeness (QED) is 0.422. The van der Waals surface area contributed by atoms with Crippen molar-refractivity contribution in [3.8, 4) is 11.5 Å². The molecular weight excluding hydrogens is 452 g/mol. The molecule has 0 aromatic heterocycles. The monoisotopic (exact) mass is 486 g/mol. The van der Waals surface area contributed by atoms with E-state index < -0.39 is 6.04 Å². The smallest absolute Gasteiger partial charge is 0.243 e. The van der Waals surface area contributed by atoms with Gasteiger partial charge in [-0.05, 0) is 54.2 Å². The normalized spacial score (nSPS) is 12.7. The minimum atomic E-state index is -0.609. The SMILES string of the molecule is CCCNC(=O)[C@H](Cc1ccccc1)N(Cc1ccccc1C)C(=O)CCc1ccc2c(c1)OCO2. The summed E-state index contributed by atoms with van der Waals surface area (Å²) in [5.41, 5.74) is 4.15. The third kappa shape index (κ3) is 6.45. The minimum Gasteiger partial charge on any atom is -0.454 e. The largest absolute Gasteiger partial charge is 0.454 e. The minimum absolute atomic E-state index is 0.0523. The highest BCUT2D eigenvalue weighted by atomic mass is 16.7. The van der Waals surface area contributed by atoms with Crippen LogP contribution in [0.4, 0.5) is 0 Å². The number of nitrogens with one attached hydrogen (secondary N) is 1. The van der Waals surface area contributed by atoms with Crippen LogP contribution in [0.25, 0.3) is 0 Å². The predicted octanol–water partition coefficient (Wildman–Crippen LogP) is 4.82. The molecule has 3 aromatic rings. The molecule has 6 heteroatoms. The Morgan fingerprint density at radius 2 is 1.69 bits per heavy atom. The molecule has 0 fully saturated rings. The summed E-state index contributed by atoms with van der Waals surface area (Å²) in [6.45, 7) is 5.23. The molecular formula is C30H34N2O4. The fourth-order valence-corrected chi connectivity index (χ4v) is 4.38. The lowest BCUT2D eigenvalue weighted by molar-refractivity contribution is -0.141. The van der Waals surface area contributed by atoms with Gasteiger partial charge in [0.05, 0.1) is 0 Å². The van der Waals surface area contributed by atoms with Crippen molar-refractivity contribution in [2.75, 3.05) is 13.3 Å². The number of fused-ring (bicyclic) bond motifs is 1. The molecule has 3 aromatic carbocycles. The second-order valence-corrected chi connectivity index (χ2v) is 9.13. The van der Waals surface area contributed by atoms with Crippen molar-refractivity contribution >= 4 is 11.8 Å². The molecule has 0 saturated heterocycles. The number of hydrogen-bond donors (Lipinski definition) is 1. The van der Waals surface area contributed by atoms with E-state index in [9.17, 15) is 9.59 Å². The molecule has 0 unspecified atom stereocenters. The van der Waals surface area contributed by atoms with Gasteiger partial charge in [-0.3, -0.25) is 9.59 Å². The summed E-state index contributed by atoms with van der Waals surface area (Å²) in [7, 11) is 0. The van der Waals surface area contributed by atoms with Gasteiger partial charge in [0.1, 0.15) is 6.04 Å². The van der Waals surface area contributed by atoms with Gasteiger partial charge in [0.2, 0.25) is 18.6 Å². The van der Waals surface area contributed by atoms with Crippen LogP contribution in [-0.2, 0) is 29.0 Å². The Kier molecular flexibility index (Phi) is 8.61. The number of amides is 2. The van der Waals surface area contributed by atoms with Crippen LogP contribution in [0.1, 0.15) is 42.0 Å². The van der Waals surface area contributed by atoms with Crippen molar-refractivity contribution in [1.29, 1.82) is 0 Å². The molecule has 1 aliphatic rings. The van der Waals surface area contributed by atoms with Crippen LogP contribution in [0, 0.1) is 6.92 Å². The van der Waals surface area contributed by atoms with Gasteiger partial charge in [0.25, 0.3) is 0 Å². The van der Waals surface area contributed by atoms with Crippen LogP contribution in [-0.4, -0.2) is 36.1 Å². The molecule has 0 bridgehead atoms. The number of aryl methyl sites for hydroxylation is 2. The van der Waals surface area contributed by atoms with E-state index in [0.29, 0.717) is 31.7 Å². The maximum absolute atomic E-state index is 13.8. The summed E-state index contributed by atoms with van der Waals surface area (Å²) in [5.74, 6) is 1.26. The zero-order valence-electron chi connectivity index (χ0n) is 21.0. The van der Waals surface area contributed by atoms with Crippen LogP contribution < -0.4 is 14.8 Å². The first-order valence-electron chi connectivity index (χ1n) is 12.6. The van der Waals surface area contributed by atoms with Crippen molar-refractivity contribution in [1.82, 2.24) is 10.2 Å². The number of carbonyl (C=O) groups is 2. The van der Waals surface area contributed by atoms with Crippen LogP contribution in [0.5, 0.6) is 11.5 Å². The van der Waals surface area contributed by atoms with Crippen LogP contribution in [0.15, 0.2) is 72.8 Å². The first kappa shape index (κ1) is 25.3. The first-order chi connectivity index (χ1) is 17.5. The lowest BCUT2D eigenvalue weighted by atomic mass is 10.0. The second-order valence-electron chi connectivity index (χ2n) is 9.13. The van der Waals surface area contributed by atoms with Gasteiger partial charge >= 0.3 is 0 Å². The molecule has 1 atom stereocenters. The van der Waals surface area contributed by atoms with Gasteiger partial charge in [0, 0.05) is 25.9 Å². The molecule has 2 amide bonds. The van der Waals surface area contributed by atoms with Crippen molar-refractivity contribution in [2.45, 2.75) is 52.1 Å². The Morgan fingerprint density at radius 3 is 2.47 bits per heavy atom. The zero-order valence-corrected chi connectivity index (χ0v) is 21.0. The highest BCUT2D eigenvalue weighted by Crippen LogP contribution is 2.33. The molecule has 0 saturated carbocycles. The zero-order chi connectivity index (χ0) is 25.3. The fourth-order valence-electron chi connectivity index (χ4n) is 4.38. The number of ether oxygens (including phenoxy) is 2. The fraction of sp³-hybridized carbons (Fsp3) is 0.333. The lowest BCUT2D eigenvalue weighted by Crippen LogP contribution is -2.50. The third-order valence-corrected chi connectivity index (χ3v) is 6.49. The van der Waals surface area contributed by atoms with Crippen molar-refractivity contribution in [3.05, 3.63) is 95.1 Å². The predicted molar refractivity (Wildman–Crippen MR) is 140 cm³/mol. The van der Waals surface area contributed by atoms with E-state index in [-0.39, 0.29) is 25.0 Å². The van der Waals surface area contributed by atoms with E-state index in [1.807, 2.05) is 86.6 Å². The average molecular weight is 487 g/mol. The Hall–Kier alpha value is -3.80. The molecule has 0 spiro atoms. The number of rotatable bonds is 11. The van der Waals surface area contributed by atoms with E-state index in [1.54, 1.807) is 4.90 Å². The molecule has 6 nitrogen and oxygen atoms in total. The van der Waals surface area contributed by atoms with Gasteiger partial charge in [-0.15, -0.1) is 0 Å². The number of benzene rings is 3. The summed E-state index contributed by atoms with van der Waals surface area (Å²) in [5, 5.41) is 3.03. The maximum atomic E-state index is 13.8. The van der Waals surface area contributed by atoms with Gasteiger partial charge in [-0.2, -0.15) is 0 Å². The standard InChI is InChI=1S/C30H34N2O4/c1-3-17-31-30(34)26(18-23-10-5-4-6-11-23)32(20-25-12-8-7-9-22(25)2)29(33)16-14-24-13-15-27-28(19-24)36-21-35-27/h4-13,15,19,26H,3,14,16-18,20-21H2,1-2H3,(H,31,34)/t26-/m0/s1. The van der Waals surface area contributed by atoms with Crippen LogP contribution in [0.2, 0.25) is 0 Å². The average Bonchev–Trinajstić information content (AvgIpc) is 3.37. The van der Waals surface area contributed by atoms with E-state index in [2.05, 4.69) is 5.32 Å². The van der Waals surface area contributed by atoms with Gasteiger partial charge < -0.3 is 19.7 Å². The van der Waals surface area contributed by atoms with Crippen LogP contribution >= 0.6 is 0 Å². The van der Waals surface area contributed by atoms with Crippen molar-refractivity contribution < 1.29 is 19.1 Å². The second kappa shape index (κ2) is 12.2. The molecule has 1 heterocycles. The molecule has 1 aliphatic heterocycles. The summed E-state index contributed by atoms with van der Waals surface area (Å²) in [4.78, 5) is 28.9. The highest BCUT2D eigenvalue weighted by Gasteiger charge is 2.30. The maximum Gasteiger partial charge on any atom is 0.243 e. The number of carbonyl (C=O) groups excluding carboxylic acids is 2. The van der Waals surface area contributed by atoms with E-state index >= 15 is 0 Å². The molecule has 188 valence electrons. The Balaban J connectivity index is 1.59. The molecule has 1 N–H and O–H groups in total. The Labute approximate surface area is 213 Å². The van der Waals surface area contributed by atoms with Gasteiger partial charge in [-0.25, -0.2) is 0 Å². The summed E-state index contributed by atoms with van der Waals surface area (Å²) in [6, 6.07) is 23.1. The molecule has 4 rings (SSSR count). The Bertz CT molecular complexity index is 1180. The van der Waals surface area contributed by atoms with Gasteiger partial charge in [0.15, 0.2) is 11.5 Å². The number of nitrogens with zero attached hydrogens (tertiary/aromatic N) is 1. The molecule has 0 aliphatic carbocycles. The number of hydrogen-bond acceptors (Lipinski definition) is 4. The summed E-state index contributed by atoms with van der Waals surface area (Å²) in [6.07, 6.45) is 2.13. The van der Waals surface area contributed by atoms with Crippen molar-refractivity contribution in [3.63, 3.8) is 0 Å². The van der Waals surface area contributed by atoms with E-state index in [1.165, 1.54) is 0 Å². The molecule has 36 heavy (non-hydrogen) atoms. The van der Waals surface area contributed by atoms with Crippen LogP contribution in [0.3, 0.4) is 0 Å². The van der Waals surface area contributed by atoms with Gasteiger partial charge in [-0.1, -0.05) is 67.6 Å². The lowest BCUT2D eigenvalue weighted by Gasteiger charge is -2.32. The first-order valence-corrected chi connectivity index (χ1v) is 12.6. The Morgan fingerprint density at radius 1 is 0.944 bits per heavy atom. The molecule has 0 radical (unpaired) electrons. The van der Waals surface area contributed by atoms with E-state index in [4.69, 9.17) is 9.47 Å². The summed E-state index contributed by atoms with van der Waals surface area (Å²) >= 11 is 0. The third-order valence-electron chi connectivity index (χ3n) is 6.49. The topological polar surface area (TPSA) is 67.9 Å².